The molecule has 0 aliphatic heterocycles. The van der Waals surface area contributed by atoms with Gasteiger partial charge in [-0.2, -0.15) is 0 Å². The van der Waals surface area contributed by atoms with Gasteiger partial charge in [0.1, 0.15) is 0 Å². The zero-order valence-electron chi connectivity index (χ0n) is 10.9. The van der Waals surface area contributed by atoms with Crippen LogP contribution >= 0.6 is 0 Å². The molecule has 1 rings (SSSR count). The van der Waals surface area contributed by atoms with E-state index in [9.17, 15) is 0 Å². The van der Waals surface area contributed by atoms with Gasteiger partial charge in [-0.25, -0.2) is 0 Å². The van der Waals surface area contributed by atoms with E-state index in [0.717, 1.165) is 25.9 Å². The average Bonchev–Trinajstić information content (AvgIpc) is 2.38. The molecule has 0 aromatic heterocycles. The molecule has 0 spiro atoms. The van der Waals surface area contributed by atoms with Crippen LogP contribution in [0.15, 0.2) is 30.3 Å². The number of aliphatic hydroxyl groups excluding tert-OH is 1. The molecule has 0 amide bonds. The lowest BCUT2D eigenvalue weighted by Crippen LogP contribution is -2.18. The molecule has 1 aromatic carbocycles. The van der Waals surface area contributed by atoms with Gasteiger partial charge in [-0.05, 0) is 50.3 Å². The van der Waals surface area contributed by atoms with Crippen LogP contribution in [0.1, 0.15) is 44.1 Å². The topological polar surface area (TPSA) is 32.3 Å². The van der Waals surface area contributed by atoms with Gasteiger partial charge in [0.2, 0.25) is 0 Å². The van der Waals surface area contributed by atoms with E-state index in [1.165, 1.54) is 18.4 Å². The summed E-state index contributed by atoms with van der Waals surface area (Å²) in [4.78, 5) is 0. The first-order valence-corrected chi connectivity index (χ1v) is 6.71. The molecule has 1 aromatic rings. The highest BCUT2D eigenvalue weighted by Gasteiger charge is 2.03. The smallest absolute Gasteiger partial charge is 0.0431 e. The molecule has 1 atom stereocenters. The zero-order chi connectivity index (χ0) is 12.3. The van der Waals surface area contributed by atoms with E-state index in [1.807, 2.05) is 0 Å². The minimum Gasteiger partial charge on any atom is -0.396 e. The van der Waals surface area contributed by atoms with Crippen LogP contribution in [-0.4, -0.2) is 24.8 Å². The Morgan fingerprint density at radius 1 is 1.06 bits per heavy atom. The maximum absolute atomic E-state index is 8.65. The average molecular weight is 235 g/mol. The van der Waals surface area contributed by atoms with Crippen LogP contribution < -0.4 is 5.32 Å². The van der Waals surface area contributed by atoms with Crippen LogP contribution in [0.2, 0.25) is 0 Å². The predicted octanol–water partition coefficient (Wildman–Crippen LogP) is 2.93. The summed E-state index contributed by atoms with van der Waals surface area (Å²) in [6, 6.07) is 10.7. The third kappa shape index (κ3) is 6.44. The molecule has 2 heteroatoms. The molecule has 0 heterocycles. The van der Waals surface area contributed by atoms with E-state index in [0.29, 0.717) is 12.5 Å². The minimum absolute atomic E-state index is 0.324. The van der Waals surface area contributed by atoms with Crippen molar-refractivity contribution in [3.63, 3.8) is 0 Å². The first kappa shape index (κ1) is 14.2. The van der Waals surface area contributed by atoms with E-state index in [4.69, 9.17) is 5.11 Å². The third-order valence-electron chi connectivity index (χ3n) is 3.13. The van der Waals surface area contributed by atoms with Gasteiger partial charge in [0, 0.05) is 6.61 Å². The highest BCUT2D eigenvalue weighted by molar-refractivity contribution is 5.18. The summed E-state index contributed by atoms with van der Waals surface area (Å²) in [6.45, 7) is 4.75. The molecular formula is C15H25NO. The summed E-state index contributed by atoms with van der Waals surface area (Å²) < 4.78 is 0. The number of rotatable bonds is 9. The molecule has 1 unspecified atom stereocenters. The van der Waals surface area contributed by atoms with E-state index >= 15 is 0 Å². The molecule has 17 heavy (non-hydrogen) atoms. The fraction of sp³-hybridized carbons (Fsp3) is 0.600. The van der Waals surface area contributed by atoms with Crippen molar-refractivity contribution in [2.45, 2.75) is 38.5 Å². The van der Waals surface area contributed by atoms with Gasteiger partial charge in [-0.3, -0.25) is 0 Å². The fourth-order valence-corrected chi connectivity index (χ4v) is 1.93. The first-order chi connectivity index (χ1) is 8.34. The molecule has 0 radical (unpaired) electrons. The summed E-state index contributed by atoms with van der Waals surface area (Å²) in [5.74, 6) is 0.626. The van der Waals surface area contributed by atoms with Crippen molar-refractivity contribution in [1.82, 2.24) is 5.32 Å². The number of unbranched alkanes of at least 4 members (excludes halogenated alkanes) is 2. The Kier molecular flexibility index (Phi) is 7.69. The minimum atomic E-state index is 0.324. The Balaban J connectivity index is 2.03. The quantitative estimate of drug-likeness (QED) is 0.645. The maximum atomic E-state index is 8.65. The van der Waals surface area contributed by atoms with Gasteiger partial charge < -0.3 is 10.4 Å². The van der Waals surface area contributed by atoms with Gasteiger partial charge in [0.15, 0.2) is 0 Å². The van der Waals surface area contributed by atoms with Crippen LogP contribution in [0.3, 0.4) is 0 Å². The lowest BCUT2D eigenvalue weighted by molar-refractivity contribution is 0.283. The summed E-state index contributed by atoms with van der Waals surface area (Å²) in [5.41, 5.74) is 1.43. The highest BCUT2D eigenvalue weighted by atomic mass is 16.2. The molecular weight excluding hydrogens is 210 g/mol. The van der Waals surface area contributed by atoms with E-state index in [-0.39, 0.29) is 0 Å². The number of nitrogens with one attached hydrogen (secondary N) is 1. The summed E-state index contributed by atoms with van der Waals surface area (Å²) in [5, 5.41) is 12.1. The van der Waals surface area contributed by atoms with Crippen molar-refractivity contribution in [3.8, 4) is 0 Å². The van der Waals surface area contributed by atoms with Gasteiger partial charge >= 0.3 is 0 Å². The number of hydrogen-bond acceptors (Lipinski definition) is 2. The second-order valence-electron chi connectivity index (χ2n) is 4.63. The molecule has 0 aliphatic rings. The van der Waals surface area contributed by atoms with Crippen LogP contribution in [0.4, 0.5) is 0 Å². The molecule has 0 saturated carbocycles. The van der Waals surface area contributed by atoms with Crippen molar-refractivity contribution < 1.29 is 5.11 Å². The lowest BCUT2D eigenvalue weighted by Gasteiger charge is -2.12. The van der Waals surface area contributed by atoms with Crippen molar-refractivity contribution in [2.24, 2.45) is 0 Å². The summed E-state index contributed by atoms with van der Waals surface area (Å²) >= 11 is 0. The molecule has 96 valence electrons. The normalized spacial score (nSPS) is 12.6. The van der Waals surface area contributed by atoms with Gasteiger partial charge in [0.05, 0.1) is 0 Å². The SMILES string of the molecule is CC(CCNCCCCCO)c1ccccc1. The van der Waals surface area contributed by atoms with Gasteiger partial charge in [-0.15, -0.1) is 0 Å². The van der Waals surface area contributed by atoms with Crippen LogP contribution in [0.5, 0.6) is 0 Å². The van der Waals surface area contributed by atoms with Crippen molar-refractivity contribution in [2.75, 3.05) is 19.7 Å². The maximum Gasteiger partial charge on any atom is 0.0431 e. The third-order valence-corrected chi connectivity index (χ3v) is 3.13. The molecule has 2 nitrogen and oxygen atoms in total. The number of hydrogen-bond donors (Lipinski definition) is 2. The standard InChI is InChI=1S/C15H25NO/c1-14(15-8-4-2-5-9-15)10-12-16-11-6-3-7-13-17/h2,4-5,8-9,14,16-17H,3,6-7,10-13H2,1H3. The predicted molar refractivity (Wildman–Crippen MR) is 73.3 cm³/mol. The second-order valence-corrected chi connectivity index (χ2v) is 4.63. The second kappa shape index (κ2) is 9.20. The van der Waals surface area contributed by atoms with Crippen molar-refractivity contribution >= 4 is 0 Å². The Hall–Kier alpha value is -0.860. The van der Waals surface area contributed by atoms with E-state index < -0.39 is 0 Å². The first-order valence-electron chi connectivity index (χ1n) is 6.71. The molecule has 0 aliphatic carbocycles. The number of benzene rings is 1. The highest BCUT2D eigenvalue weighted by Crippen LogP contribution is 2.17. The molecule has 0 bridgehead atoms. The summed E-state index contributed by atoms with van der Waals surface area (Å²) in [7, 11) is 0. The number of aliphatic hydroxyl groups is 1. The summed E-state index contributed by atoms with van der Waals surface area (Å²) in [6.07, 6.45) is 4.41. The Labute approximate surface area is 105 Å². The Morgan fingerprint density at radius 2 is 1.82 bits per heavy atom. The van der Waals surface area contributed by atoms with Crippen LogP contribution in [0, 0.1) is 0 Å². The molecule has 0 fully saturated rings. The molecule has 2 N–H and O–H groups in total. The Morgan fingerprint density at radius 3 is 2.53 bits per heavy atom. The largest absolute Gasteiger partial charge is 0.396 e. The van der Waals surface area contributed by atoms with Gasteiger partial charge in [0.25, 0.3) is 0 Å². The van der Waals surface area contributed by atoms with Crippen LogP contribution in [-0.2, 0) is 0 Å². The monoisotopic (exact) mass is 235 g/mol. The fourth-order valence-electron chi connectivity index (χ4n) is 1.93. The van der Waals surface area contributed by atoms with Crippen LogP contribution in [0.25, 0.3) is 0 Å². The van der Waals surface area contributed by atoms with E-state index in [1.54, 1.807) is 0 Å². The van der Waals surface area contributed by atoms with E-state index in [2.05, 4.69) is 42.6 Å². The van der Waals surface area contributed by atoms with Gasteiger partial charge in [-0.1, -0.05) is 37.3 Å². The lowest BCUT2D eigenvalue weighted by atomic mass is 9.98. The molecule has 0 saturated heterocycles. The zero-order valence-corrected chi connectivity index (χ0v) is 10.9. The van der Waals surface area contributed by atoms with Crippen molar-refractivity contribution in [1.29, 1.82) is 0 Å². The van der Waals surface area contributed by atoms with Crippen molar-refractivity contribution in [3.05, 3.63) is 35.9 Å². The Bertz CT molecular complexity index is 274.